The fourth-order valence-electron chi connectivity index (χ4n) is 3.21. The van der Waals surface area contributed by atoms with Gasteiger partial charge in [0.05, 0.1) is 6.61 Å². The molecule has 23 heavy (non-hydrogen) atoms. The van der Waals surface area contributed by atoms with Crippen molar-refractivity contribution in [1.82, 2.24) is 0 Å². The molecule has 2 nitrogen and oxygen atoms in total. The highest BCUT2D eigenvalue weighted by molar-refractivity contribution is 9.10. The van der Waals surface area contributed by atoms with Gasteiger partial charge < -0.3 is 10.1 Å². The van der Waals surface area contributed by atoms with Crippen LogP contribution in [-0.4, -0.2) is 6.61 Å². The summed E-state index contributed by atoms with van der Waals surface area (Å²) in [6, 6.07) is 13.0. The fraction of sp³-hybridized carbons (Fsp3) is 0.400. The molecule has 0 aliphatic heterocycles. The van der Waals surface area contributed by atoms with E-state index in [0.29, 0.717) is 6.61 Å². The lowest BCUT2D eigenvalue weighted by atomic mass is 9.85. The Labute approximate surface area is 147 Å². The molecule has 0 bridgehead atoms. The van der Waals surface area contributed by atoms with E-state index in [0.717, 1.165) is 22.7 Å². The Bertz CT molecular complexity index is 683. The Morgan fingerprint density at radius 2 is 2.04 bits per heavy atom. The predicted molar refractivity (Wildman–Crippen MR) is 100 cm³/mol. The van der Waals surface area contributed by atoms with Crippen LogP contribution in [0.15, 0.2) is 40.9 Å². The number of anilines is 1. The molecule has 0 heterocycles. The number of benzene rings is 2. The summed E-state index contributed by atoms with van der Waals surface area (Å²) in [4.78, 5) is 0. The van der Waals surface area contributed by atoms with Crippen molar-refractivity contribution in [1.29, 1.82) is 0 Å². The standard InChI is InChI=1S/C20H24BrNO/c1-3-23-20-12-18(21)8-6-17(20)13-22-19-9-7-15-10-14(2)4-5-16(15)11-19/h6-9,11-12,14,22H,3-5,10,13H2,1-2H3. The van der Waals surface area contributed by atoms with Gasteiger partial charge in [0.25, 0.3) is 0 Å². The minimum absolute atomic E-state index is 0.681. The molecule has 2 aromatic carbocycles. The van der Waals surface area contributed by atoms with Gasteiger partial charge in [-0.05, 0) is 67.5 Å². The molecule has 2 aromatic rings. The van der Waals surface area contributed by atoms with E-state index >= 15 is 0 Å². The molecular weight excluding hydrogens is 350 g/mol. The second kappa shape index (κ2) is 7.39. The Hall–Kier alpha value is -1.48. The Balaban J connectivity index is 1.71. The number of rotatable bonds is 5. The van der Waals surface area contributed by atoms with Gasteiger partial charge in [0.2, 0.25) is 0 Å². The largest absolute Gasteiger partial charge is 0.493 e. The average molecular weight is 374 g/mol. The summed E-state index contributed by atoms with van der Waals surface area (Å²) in [5.41, 5.74) is 5.41. The molecule has 1 aliphatic rings. The molecule has 0 amide bonds. The highest BCUT2D eigenvalue weighted by atomic mass is 79.9. The van der Waals surface area contributed by atoms with Gasteiger partial charge in [-0.25, -0.2) is 0 Å². The van der Waals surface area contributed by atoms with Gasteiger partial charge in [-0.15, -0.1) is 0 Å². The third-order valence-electron chi connectivity index (χ3n) is 4.49. The Kier molecular flexibility index (Phi) is 5.27. The van der Waals surface area contributed by atoms with Gasteiger partial charge in [-0.1, -0.05) is 35.0 Å². The van der Waals surface area contributed by atoms with Crippen LogP contribution in [0.2, 0.25) is 0 Å². The first-order valence-electron chi connectivity index (χ1n) is 8.42. The summed E-state index contributed by atoms with van der Waals surface area (Å²) in [6.45, 7) is 5.82. The fourth-order valence-corrected chi connectivity index (χ4v) is 3.55. The van der Waals surface area contributed by atoms with E-state index in [4.69, 9.17) is 4.74 Å². The first-order valence-corrected chi connectivity index (χ1v) is 9.22. The Morgan fingerprint density at radius 1 is 1.17 bits per heavy atom. The van der Waals surface area contributed by atoms with Gasteiger partial charge in [-0.3, -0.25) is 0 Å². The highest BCUT2D eigenvalue weighted by Gasteiger charge is 2.15. The number of hydrogen-bond donors (Lipinski definition) is 1. The van der Waals surface area contributed by atoms with Crippen molar-refractivity contribution in [2.45, 2.75) is 39.7 Å². The van der Waals surface area contributed by atoms with Gasteiger partial charge in [0.15, 0.2) is 0 Å². The number of aryl methyl sites for hydroxylation is 1. The van der Waals surface area contributed by atoms with Crippen LogP contribution in [0, 0.1) is 5.92 Å². The molecule has 1 N–H and O–H groups in total. The van der Waals surface area contributed by atoms with Gasteiger partial charge >= 0.3 is 0 Å². The van der Waals surface area contributed by atoms with Crippen LogP contribution < -0.4 is 10.1 Å². The van der Waals surface area contributed by atoms with Crippen LogP contribution in [0.1, 0.15) is 37.0 Å². The molecule has 0 spiro atoms. The number of fused-ring (bicyclic) bond motifs is 1. The van der Waals surface area contributed by atoms with E-state index in [9.17, 15) is 0 Å². The molecule has 3 heteroatoms. The smallest absolute Gasteiger partial charge is 0.125 e. The molecule has 0 aromatic heterocycles. The SMILES string of the molecule is CCOc1cc(Br)ccc1CNc1ccc2c(c1)CCC(C)C2. The monoisotopic (exact) mass is 373 g/mol. The van der Waals surface area contributed by atoms with Crippen LogP contribution in [-0.2, 0) is 19.4 Å². The van der Waals surface area contributed by atoms with Crippen molar-refractivity contribution in [2.75, 3.05) is 11.9 Å². The summed E-state index contributed by atoms with van der Waals surface area (Å²) in [5.74, 6) is 1.76. The van der Waals surface area contributed by atoms with Crippen molar-refractivity contribution in [3.8, 4) is 5.75 Å². The molecule has 0 radical (unpaired) electrons. The molecule has 1 aliphatic carbocycles. The second-order valence-corrected chi connectivity index (χ2v) is 7.29. The van der Waals surface area contributed by atoms with Crippen LogP contribution in [0.5, 0.6) is 5.75 Å². The summed E-state index contributed by atoms with van der Waals surface area (Å²) in [5, 5.41) is 3.55. The molecular formula is C20H24BrNO. The topological polar surface area (TPSA) is 21.3 Å². The van der Waals surface area contributed by atoms with E-state index in [2.05, 4.69) is 58.5 Å². The van der Waals surface area contributed by atoms with Crippen molar-refractivity contribution in [3.05, 3.63) is 57.6 Å². The summed E-state index contributed by atoms with van der Waals surface area (Å²) >= 11 is 3.51. The molecule has 1 atom stereocenters. The molecule has 0 fully saturated rings. The highest BCUT2D eigenvalue weighted by Crippen LogP contribution is 2.29. The van der Waals surface area contributed by atoms with Gasteiger partial charge in [-0.2, -0.15) is 0 Å². The van der Waals surface area contributed by atoms with Crippen molar-refractivity contribution in [3.63, 3.8) is 0 Å². The van der Waals surface area contributed by atoms with Crippen LogP contribution in [0.3, 0.4) is 0 Å². The van der Waals surface area contributed by atoms with Crippen molar-refractivity contribution >= 4 is 21.6 Å². The number of hydrogen-bond acceptors (Lipinski definition) is 2. The van der Waals surface area contributed by atoms with E-state index in [-0.39, 0.29) is 0 Å². The van der Waals surface area contributed by atoms with Gasteiger partial charge in [0, 0.05) is 22.3 Å². The second-order valence-electron chi connectivity index (χ2n) is 6.37. The lowest BCUT2D eigenvalue weighted by Crippen LogP contribution is -2.11. The zero-order valence-corrected chi connectivity index (χ0v) is 15.4. The summed E-state index contributed by atoms with van der Waals surface area (Å²) in [6.07, 6.45) is 3.73. The number of ether oxygens (including phenoxy) is 1. The minimum Gasteiger partial charge on any atom is -0.493 e. The van der Waals surface area contributed by atoms with Gasteiger partial charge in [0.1, 0.15) is 5.75 Å². The maximum absolute atomic E-state index is 5.74. The maximum Gasteiger partial charge on any atom is 0.125 e. The molecule has 122 valence electrons. The van der Waals surface area contributed by atoms with Crippen LogP contribution >= 0.6 is 15.9 Å². The van der Waals surface area contributed by atoms with Crippen molar-refractivity contribution in [2.24, 2.45) is 5.92 Å². The van der Waals surface area contributed by atoms with Crippen LogP contribution in [0.25, 0.3) is 0 Å². The zero-order chi connectivity index (χ0) is 16.2. The molecule has 3 rings (SSSR count). The predicted octanol–water partition coefficient (Wildman–Crippen LogP) is 5.58. The maximum atomic E-state index is 5.74. The lowest BCUT2D eigenvalue weighted by Gasteiger charge is -2.22. The van der Waals surface area contributed by atoms with E-state index in [1.54, 1.807) is 0 Å². The van der Waals surface area contributed by atoms with Crippen molar-refractivity contribution < 1.29 is 4.74 Å². The Morgan fingerprint density at radius 3 is 2.87 bits per heavy atom. The number of halogens is 1. The zero-order valence-electron chi connectivity index (χ0n) is 13.9. The quantitative estimate of drug-likeness (QED) is 0.737. The molecule has 0 saturated heterocycles. The van der Waals surface area contributed by atoms with E-state index in [1.165, 1.54) is 41.6 Å². The summed E-state index contributed by atoms with van der Waals surface area (Å²) in [7, 11) is 0. The number of nitrogens with one attached hydrogen (secondary N) is 1. The third-order valence-corrected chi connectivity index (χ3v) is 4.99. The summed E-state index contributed by atoms with van der Waals surface area (Å²) < 4.78 is 6.79. The lowest BCUT2D eigenvalue weighted by molar-refractivity contribution is 0.336. The average Bonchev–Trinajstić information content (AvgIpc) is 2.54. The van der Waals surface area contributed by atoms with E-state index in [1.807, 2.05) is 13.0 Å². The van der Waals surface area contributed by atoms with E-state index < -0.39 is 0 Å². The normalized spacial score (nSPS) is 16.7. The first kappa shape index (κ1) is 16.4. The minimum atomic E-state index is 0.681. The molecule has 0 saturated carbocycles. The third kappa shape index (κ3) is 4.08. The van der Waals surface area contributed by atoms with Crippen LogP contribution in [0.4, 0.5) is 5.69 Å². The molecule has 1 unspecified atom stereocenters. The first-order chi connectivity index (χ1) is 11.2.